The Hall–Kier alpha value is -3.07. The van der Waals surface area contributed by atoms with E-state index in [4.69, 9.17) is 4.98 Å². The third kappa shape index (κ3) is 4.51. The molecule has 4 aromatic rings. The Morgan fingerprint density at radius 3 is 2.10 bits per heavy atom. The molecule has 0 bridgehead atoms. The fourth-order valence-corrected chi connectivity index (χ4v) is 4.44. The van der Waals surface area contributed by atoms with Crippen LogP contribution in [0.1, 0.15) is 67.3 Å². The van der Waals surface area contributed by atoms with Crippen LogP contribution in [-0.2, 0) is 6.54 Å². The van der Waals surface area contributed by atoms with Crippen LogP contribution in [0.2, 0.25) is 0 Å². The van der Waals surface area contributed by atoms with Gasteiger partial charge in [-0.3, -0.25) is 0 Å². The molecule has 31 heavy (non-hydrogen) atoms. The summed E-state index contributed by atoms with van der Waals surface area (Å²) in [5.41, 5.74) is 8.78. The third-order valence-electron chi connectivity index (χ3n) is 5.87. The largest absolute Gasteiger partial charge is 0.340 e. The van der Waals surface area contributed by atoms with Crippen molar-refractivity contribution in [2.24, 2.45) is 0 Å². The van der Waals surface area contributed by atoms with E-state index in [0.717, 1.165) is 23.4 Å². The summed E-state index contributed by atoms with van der Waals surface area (Å²) < 4.78 is 2.24. The van der Waals surface area contributed by atoms with Gasteiger partial charge in [-0.25, -0.2) is 4.98 Å². The monoisotopic (exact) mass is 411 g/mol. The van der Waals surface area contributed by atoms with Gasteiger partial charge < -0.3 is 9.88 Å². The molecule has 1 N–H and O–H groups in total. The summed E-state index contributed by atoms with van der Waals surface area (Å²) in [4.78, 5) is 5.02. The molecule has 0 radical (unpaired) electrons. The molecule has 3 heteroatoms. The molecule has 0 saturated carbocycles. The summed E-state index contributed by atoms with van der Waals surface area (Å²) in [6, 6.07) is 19.7. The molecule has 0 atom stereocenters. The van der Waals surface area contributed by atoms with Crippen molar-refractivity contribution in [2.45, 2.75) is 59.9 Å². The average Bonchev–Trinajstić information content (AvgIpc) is 3.09. The zero-order valence-corrected chi connectivity index (χ0v) is 19.5. The van der Waals surface area contributed by atoms with Crippen LogP contribution in [-0.4, -0.2) is 9.55 Å². The highest BCUT2D eigenvalue weighted by molar-refractivity contribution is 5.79. The Kier molecular flexibility index (Phi) is 5.86. The minimum absolute atomic E-state index is 0.443. The van der Waals surface area contributed by atoms with E-state index in [1.54, 1.807) is 0 Å². The smallest absolute Gasteiger partial charge is 0.142 e. The van der Waals surface area contributed by atoms with Crippen molar-refractivity contribution in [1.29, 1.82) is 0 Å². The summed E-state index contributed by atoms with van der Waals surface area (Å²) in [7, 11) is 0. The summed E-state index contributed by atoms with van der Waals surface area (Å²) in [5, 5.41) is 4.83. The van der Waals surface area contributed by atoms with Gasteiger partial charge in [-0.2, -0.15) is 0 Å². The number of nitrogens with one attached hydrogen (secondary N) is 1. The van der Waals surface area contributed by atoms with Crippen LogP contribution in [0.4, 0.5) is 11.5 Å². The number of hydrogen-bond acceptors (Lipinski definition) is 2. The molecule has 0 fully saturated rings. The van der Waals surface area contributed by atoms with Crippen molar-refractivity contribution in [3.63, 3.8) is 0 Å². The van der Waals surface area contributed by atoms with E-state index in [-0.39, 0.29) is 0 Å². The van der Waals surface area contributed by atoms with Gasteiger partial charge in [0, 0.05) is 23.8 Å². The molecule has 160 valence electrons. The molecule has 0 aliphatic carbocycles. The Labute approximate surface area is 186 Å². The van der Waals surface area contributed by atoms with Crippen molar-refractivity contribution in [2.75, 3.05) is 5.32 Å². The lowest BCUT2D eigenvalue weighted by Gasteiger charge is -2.20. The van der Waals surface area contributed by atoms with Gasteiger partial charge in [0.2, 0.25) is 0 Å². The quantitative estimate of drug-likeness (QED) is 0.352. The lowest BCUT2D eigenvalue weighted by Crippen LogP contribution is -2.06. The standard InChI is InChI=1S/C28H33N3/c1-18(2)24-8-7-9-25(19(3)4)27(24)29-26-11-10-23-12-13-31(28(23)30-26)17-22-15-20(5)14-21(6)16-22/h7-16,18-19H,17H2,1-6H3,(H,29,30). The van der Waals surface area contributed by atoms with Crippen molar-refractivity contribution < 1.29 is 0 Å². The minimum atomic E-state index is 0.443. The van der Waals surface area contributed by atoms with E-state index in [1.165, 1.54) is 33.5 Å². The predicted octanol–water partition coefficient (Wildman–Crippen LogP) is 7.69. The molecule has 0 spiro atoms. The topological polar surface area (TPSA) is 29.9 Å². The van der Waals surface area contributed by atoms with E-state index in [1.807, 2.05) is 0 Å². The van der Waals surface area contributed by atoms with Crippen molar-refractivity contribution in [1.82, 2.24) is 9.55 Å². The maximum atomic E-state index is 5.02. The van der Waals surface area contributed by atoms with Crippen molar-refractivity contribution >= 4 is 22.5 Å². The number of hydrogen-bond donors (Lipinski definition) is 1. The van der Waals surface area contributed by atoms with Crippen molar-refractivity contribution in [3.8, 4) is 0 Å². The van der Waals surface area contributed by atoms with Crippen LogP contribution in [0, 0.1) is 13.8 Å². The fourth-order valence-electron chi connectivity index (χ4n) is 4.44. The Balaban J connectivity index is 1.72. The van der Waals surface area contributed by atoms with Crippen LogP contribution < -0.4 is 5.32 Å². The van der Waals surface area contributed by atoms with Crippen LogP contribution in [0.15, 0.2) is 60.8 Å². The highest BCUT2D eigenvalue weighted by atomic mass is 15.1. The highest BCUT2D eigenvalue weighted by Crippen LogP contribution is 2.34. The Morgan fingerprint density at radius 2 is 1.48 bits per heavy atom. The second-order valence-electron chi connectivity index (χ2n) is 9.29. The number of para-hydroxylation sites is 1. The summed E-state index contributed by atoms with van der Waals surface area (Å²) in [5.74, 6) is 1.78. The first-order valence-electron chi connectivity index (χ1n) is 11.2. The predicted molar refractivity (Wildman–Crippen MR) is 133 cm³/mol. The molecule has 0 unspecified atom stereocenters. The zero-order valence-electron chi connectivity index (χ0n) is 19.5. The lowest BCUT2D eigenvalue weighted by molar-refractivity contribution is 0.823. The number of aryl methyl sites for hydroxylation is 2. The zero-order chi connectivity index (χ0) is 22.1. The molecule has 0 aliphatic rings. The molecule has 3 nitrogen and oxygen atoms in total. The number of fused-ring (bicyclic) bond motifs is 1. The van der Waals surface area contributed by atoms with Gasteiger partial charge in [-0.15, -0.1) is 0 Å². The van der Waals surface area contributed by atoms with E-state index < -0.39 is 0 Å². The third-order valence-corrected chi connectivity index (χ3v) is 5.87. The summed E-state index contributed by atoms with van der Waals surface area (Å²) >= 11 is 0. The van der Waals surface area contributed by atoms with Gasteiger partial charge in [0.1, 0.15) is 11.5 Å². The number of pyridine rings is 1. The molecule has 2 aromatic carbocycles. The highest BCUT2D eigenvalue weighted by Gasteiger charge is 2.15. The van der Waals surface area contributed by atoms with Gasteiger partial charge >= 0.3 is 0 Å². The van der Waals surface area contributed by atoms with Crippen molar-refractivity contribution in [3.05, 3.63) is 88.6 Å². The molecular weight excluding hydrogens is 378 g/mol. The first-order valence-corrected chi connectivity index (χ1v) is 11.2. The second-order valence-corrected chi connectivity index (χ2v) is 9.29. The van der Waals surface area contributed by atoms with Crippen LogP contribution in [0.25, 0.3) is 11.0 Å². The molecule has 0 amide bonds. The number of rotatable bonds is 6. The van der Waals surface area contributed by atoms with Gasteiger partial charge in [0.15, 0.2) is 0 Å². The Morgan fingerprint density at radius 1 is 0.839 bits per heavy atom. The molecule has 2 aromatic heterocycles. The normalized spacial score (nSPS) is 11.6. The number of anilines is 2. The second kappa shape index (κ2) is 8.58. The molecule has 0 aliphatic heterocycles. The molecule has 2 heterocycles. The summed E-state index contributed by atoms with van der Waals surface area (Å²) in [6.07, 6.45) is 2.14. The lowest BCUT2D eigenvalue weighted by atomic mass is 9.92. The first-order chi connectivity index (χ1) is 14.8. The van der Waals surface area contributed by atoms with Crippen LogP contribution in [0.3, 0.4) is 0 Å². The van der Waals surface area contributed by atoms with Gasteiger partial charge in [-0.05, 0) is 60.6 Å². The van der Waals surface area contributed by atoms with E-state index in [9.17, 15) is 0 Å². The van der Waals surface area contributed by atoms with E-state index in [0.29, 0.717) is 11.8 Å². The van der Waals surface area contributed by atoms with E-state index >= 15 is 0 Å². The maximum absolute atomic E-state index is 5.02. The van der Waals surface area contributed by atoms with Crippen LogP contribution in [0.5, 0.6) is 0 Å². The fraction of sp³-hybridized carbons (Fsp3) is 0.321. The first kappa shape index (κ1) is 21.2. The van der Waals surface area contributed by atoms with E-state index in [2.05, 4.69) is 112 Å². The van der Waals surface area contributed by atoms with Gasteiger partial charge in [0.05, 0.1) is 0 Å². The minimum Gasteiger partial charge on any atom is -0.340 e. The average molecular weight is 412 g/mol. The molecule has 4 rings (SSSR count). The number of benzene rings is 2. The maximum Gasteiger partial charge on any atom is 0.142 e. The van der Waals surface area contributed by atoms with Gasteiger partial charge in [0.25, 0.3) is 0 Å². The SMILES string of the molecule is Cc1cc(C)cc(Cn2ccc3ccc(Nc4c(C(C)C)cccc4C(C)C)nc32)c1. The number of nitrogens with zero attached hydrogens (tertiary/aromatic N) is 2. The summed E-state index contributed by atoms with van der Waals surface area (Å²) in [6.45, 7) is 14.1. The molecular formula is C28H33N3. The number of aromatic nitrogens is 2. The Bertz CT molecular complexity index is 1170. The van der Waals surface area contributed by atoms with Gasteiger partial charge in [-0.1, -0.05) is 75.2 Å². The van der Waals surface area contributed by atoms with Crippen LogP contribution >= 0.6 is 0 Å². The molecule has 0 saturated heterocycles.